The van der Waals surface area contributed by atoms with Gasteiger partial charge in [0.25, 0.3) is 0 Å². The second kappa shape index (κ2) is 5.07. The van der Waals surface area contributed by atoms with Crippen molar-refractivity contribution in [3.63, 3.8) is 0 Å². The van der Waals surface area contributed by atoms with Crippen LogP contribution in [0.5, 0.6) is 0 Å². The van der Waals surface area contributed by atoms with Crippen molar-refractivity contribution in [1.29, 1.82) is 0 Å². The SMILES string of the molecule is COC(=O)c1cn(CCC2CCCO2)nn1. The molecule has 6 heteroatoms. The van der Waals surface area contributed by atoms with Gasteiger partial charge < -0.3 is 9.47 Å². The van der Waals surface area contributed by atoms with E-state index in [0.29, 0.717) is 12.6 Å². The Labute approximate surface area is 93.5 Å². The largest absolute Gasteiger partial charge is 0.464 e. The summed E-state index contributed by atoms with van der Waals surface area (Å²) in [7, 11) is 1.33. The molecular formula is C10H15N3O3. The standard InChI is InChI=1S/C10H15N3O3/c1-15-10(14)9-7-13(12-11-9)5-4-8-3-2-6-16-8/h7-8H,2-6H2,1H3. The van der Waals surface area contributed by atoms with Crippen LogP contribution in [0.2, 0.25) is 0 Å². The fourth-order valence-electron chi connectivity index (χ4n) is 1.75. The van der Waals surface area contributed by atoms with Gasteiger partial charge in [-0.2, -0.15) is 0 Å². The molecule has 0 N–H and O–H groups in total. The normalized spacial score (nSPS) is 19.9. The zero-order valence-corrected chi connectivity index (χ0v) is 9.26. The van der Waals surface area contributed by atoms with E-state index in [1.54, 1.807) is 10.9 Å². The summed E-state index contributed by atoms with van der Waals surface area (Å²) in [6, 6.07) is 0. The van der Waals surface area contributed by atoms with E-state index in [4.69, 9.17) is 4.74 Å². The second-order valence-corrected chi connectivity index (χ2v) is 3.78. The number of aryl methyl sites for hydroxylation is 1. The van der Waals surface area contributed by atoms with Crippen LogP contribution in [-0.4, -0.2) is 40.8 Å². The maximum absolute atomic E-state index is 11.1. The van der Waals surface area contributed by atoms with E-state index < -0.39 is 5.97 Å². The van der Waals surface area contributed by atoms with Crippen LogP contribution in [0.3, 0.4) is 0 Å². The summed E-state index contributed by atoms with van der Waals surface area (Å²) >= 11 is 0. The third-order valence-electron chi connectivity index (χ3n) is 2.64. The van der Waals surface area contributed by atoms with Crippen molar-refractivity contribution < 1.29 is 14.3 Å². The summed E-state index contributed by atoms with van der Waals surface area (Å²) < 4.78 is 11.7. The molecule has 1 atom stereocenters. The summed E-state index contributed by atoms with van der Waals surface area (Å²) in [5, 5.41) is 7.59. The van der Waals surface area contributed by atoms with E-state index in [-0.39, 0.29) is 5.69 Å². The second-order valence-electron chi connectivity index (χ2n) is 3.78. The number of aromatic nitrogens is 3. The van der Waals surface area contributed by atoms with Crippen molar-refractivity contribution >= 4 is 5.97 Å². The molecule has 0 aliphatic carbocycles. The van der Waals surface area contributed by atoms with Gasteiger partial charge in [-0.25, -0.2) is 4.79 Å². The molecule has 1 fully saturated rings. The fraction of sp³-hybridized carbons (Fsp3) is 0.700. The van der Waals surface area contributed by atoms with Crippen LogP contribution in [0.4, 0.5) is 0 Å². The molecule has 0 saturated carbocycles. The highest BCUT2D eigenvalue weighted by atomic mass is 16.5. The van der Waals surface area contributed by atoms with Gasteiger partial charge in [0.05, 0.1) is 19.4 Å². The first-order valence-electron chi connectivity index (χ1n) is 5.39. The van der Waals surface area contributed by atoms with Crippen LogP contribution in [0.25, 0.3) is 0 Å². The molecule has 88 valence electrons. The number of carbonyl (C=O) groups excluding carboxylic acids is 1. The van der Waals surface area contributed by atoms with Crippen molar-refractivity contribution in [2.45, 2.75) is 31.9 Å². The molecule has 2 heterocycles. The summed E-state index contributed by atoms with van der Waals surface area (Å²) in [6.45, 7) is 1.57. The van der Waals surface area contributed by atoms with Crippen molar-refractivity contribution in [2.75, 3.05) is 13.7 Å². The van der Waals surface area contributed by atoms with E-state index in [0.717, 1.165) is 25.9 Å². The lowest BCUT2D eigenvalue weighted by Crippen LogP contribution is -2.10. The molecule has 2 rings (SSSR count). The Morgan fingerprint density at radius 1 is 1.75 bits per heavy atom. The van der Waals surface area contributed by atoms with E-state index >= 15 is 0 Å². The van der Waals surface area contributed by atoms with Gasteiger partial charge in [-0.3, -0.25) is 4.68 Å². The van der Waals surface area contributed by atoms with Gasteiger partial charge in [0, 0.05) is 13.2 Å². The summed E-state index contributed by atoms with van der Waals surface area (Å²) in [5.74, 6) is -0.455. The first kappa shape index (κ1) is 11.1. The highest BCUT2D eigenvalue weighted by Crippen LogP contribution is 2.15. The third kappa shape index (κ3) is 2.57. The topological polar surface area (TPSA) is 66.2 Å². The van der Waals surface area contributed by atoms with E-state index in [2.05, 4.69) is 15.0 Å². The van der Waals surface area contributed by atoms with Crippen LogP contribution in [0, 0.1) is 0 Å². The van der Waals surface area contributed by atoms with Crippen LogP contribution < -0.4 is 0 Å². The smallest absolute Gasteiger partial charge is 0.360 e. The molecule has 16 heavy (non-hydrogen) atoms. The monoisotopic (exact) mass is 225 g/mol. The molecule has 0 spiro atoms. The van der Waals surface area contributed by atoms with E-state index in [1.807, 2.05) is 0 Å². The minimum absolute atomic E-state index is 0.245. The van der Waals surface area contributed by atoms with Gasteiger partial charge >= 0.3 is 5.97 Å². The predicted octanol–water partition coefficient (Wildman–Crippen LogP) is 0.634. The number of nitrogens with zero attached hydrogens (tertiary/aromatic N) is 3. The van der Waals surface area contributed by atoms with E-state index in [1.165, 1.54) is 7.11 Å². The minimum atomic E-state index is -0.455. The molecule has 1 aliphatic heterocycles. The average molecular weight is 225 g/mol. The lowest BCUT2D eigenvalue weighted by molar-refractivity contribution is 0.0594. The molecule has 1 aliphatic rings. The summed E-state index contributed by atoms with van der Waals surface area (Å²) in [6.07, 6.45) is 5.07. The molecule has 1 unspecified atom stereocenters. The fourth-order valence-corrected chi connectivity index (χ4v) is 1.75. The third-order valence-corrected chi connectivity index (χ3v) is 2.64. The first-order valence-corrected chi connectivity index (χ1v) is 5.39. The van der Waals surface area contributed by atoms with Crippen LogP contribution in [0.15, 0.2) is 6.20 Å². The molecule has 0 bridgehead atoms. The van der Waals surface area contributed by atoms with Gasteiger partial charge in [0.1, 0.15) is 0 Å². The molecule has 1 aromatic rings. The van der Waals surface area contributed by atoms with Crippen molar-refractivity contribution in [3.8, 4) is 0 Å². The number of hydrogen-bond donors (Lipinski definition) is 0. The summed E-state index contributed by atoms with van der Waals surface area (Å²) in [4.78, 5) is 11.1. The molecular weight excluding hydrogens is 210 g/mol. The van der Waals surface area contributed by atoms with Gasteiger partial charge in [0.15, 0.2) is 5.69 Å². The Hall–Kier alpha value is -1.43. The highest BCUT2D eigenvalue weighted by Gasteiger charge is 2.16. The molecule has 0 amide bonds. The van der Waals surface area contributed by atoms with E-state index in [9.17, 15) is 4.79 Å². The van der Waals surface area contributed by atoms with Crippen molar-refractivity contribution in [2.24, 2.45) is 0 Å². The van der Waals surface area contributed by atoms with Crippen molar-refractivity contribution in [3.05, 3.63) is 11.9 Å². The molecule has 6 nitrogen and oxygen atoms in total. The highest BCUT2D eigenvalue weighted by molar-refractivity contribution is 5.86. The number of carbonyl (C=O) groups is 1. The number of methoxy groups -OCH3 is 1. The lowest BCUT2D eigenvalue weighted by atomic mass is 10.2. The van der Waals surface area contributed by atoms with Crippen LogP contribution >= 0.6 is 0 Å². The number of ether oxygens (including phenoxy) is 2. The Morgan fingerprint density at radius 3 is 3.31 bits per heavy atom. The molecule has 1 aromatic heterocycles. The van der Waals surface area contributed by atoms with Gasteiger partial charge in [-0.15, -0.1) is 5.10 Å². The minimum Gasteiger partial charge on any atom is -0.464 e. The predicted molar refractivity (Wildman–Crippen MR) is 55.0 cm³/mol. The average Bonchev–Trinajstić information content (AvgIpc) is 2.96. The zero-order chi connectivity index (χ0) is 11.4. The van der Waals surface area contributed by atoms with Gasteiger partial charge in [-0.05, 0) is 19.3 Å². The van der Waals surface area contributed by atoms with Gasteiger partial charge in [-0.1, -0.05) is 5.21 Å². The zero-order valence-electron chi connectivity index (χ0n) is 9.26. The maximum Gasteiger partial charge on any atom is 0.360 e. The number of hydrogen-bond acceptors (Lipinski definition) is 5. The number of rotatable bonds is 4. The Balaban J connectivity index is 1.85. The first-order chi connectivity index (χ1) is 7.79. The van der Waals surface area contributed by atoms with Gasteiger partial charge in [0.2, 0.25) is 0 Å². The maximum atomic E-state index is 11.1. The Kier molecular flexibility index (Phi) is 3.51. The number of esters is 1. The van der Waals surface area contributed by atoms with Crippen LogP contribution in [-0.2, 0) is 16.0 Å². The summed E-state index contributed by atoms with van der Waals surface area (Å²) in [5.41, 5.74) is 0.245. The molecule has 0 radical (unpaired) electrons. The lowest BCUT2D eigenvalue weighted by Gasteiger charge is -2.07. The van der Waals surface area contributed by atoms with Crippen LogP contribution in [0.1, 0.15) is 29.8 Å². The van der Waals surface area contributed by atoms with Crippen molar-refractivity contribution in [1.82, 2.24) is 15.0 Å². The Bertz CT molecular complexity index is 358. The quantitative estimate of drug-likeness (QED) is 0.703. The molecule has 0 aromatic carbocycles. The molecule has 1 saturated heterocycles. The Morgan fingerprint density at radius 2 is 2.62 bits per heavy atom.